The minimum atomic E-state index is 0.0564. The smallest absolute Gasteiger partial charge is 0.143 e. The van der Waals surface area contributed by atoms with Crippen LogP contribution in [0, 0.1) is 18.8 Å². The van der Waals surface area contributed by atoms with E-state index in [9.17, 15) is 5.11 Å². The minimum absolute atomic E-state index is 0.0564. The minimum Gasteiger partial charge on any atom is -0.506 e. The first-order valence-electron chi connectivity index (χ1n) is 4.90. The number of phenolic OH excluding ortho intramolecular Hbond substituents is 1. The maximum absolute atomic E-state index is 9.75. The first-order valence-corrected chi connectivity index (χ1v) is 5.72. The van der Waals surface area contributed by atoms with Crippen LogP contribution in [0.25, 0.3) is 10.2 Å². The molecule has 2 aromatic rings. The van der Waals surface area contributed by atoms with Gasteiger partial charge in [0.2, 0.25) is 0 Å². The second kappa shape index (κ2) is 4.52. The highest BCUT2D eigenvalue weighted by atomic mass is 32.1. The molecule has 0 spiro atoms. The van der Waals surface area contributed by atoms with Crippen LogP contribution in [0.5, 0.6) is 5.75 Å². The molecule has 0 fully saturated rings. The summed E-state index contributed by atoms with van der Waals surface area (Å²) in [5, 5.41) is 19.3. The lowest BCUT2D eigenvalue weighted by Crippen LogP contribution is -1.79. The van der Waals surface area contributed by atoms with Crippen LogP contribution in [0.3, 0.4) is 0 Å². The molecule has 16 heavy (non-hydrogen) atoms. The fourth-order valence-corrected chi connectivity index (χ4v) is 2.30. The number of hydrogen-bond acceptors (Lipinski definition) is 4. The van der Waals surface area contributed by atoms with Crippen LogP contribution in [0.4, 0.5) is 0 Å². The number of aromatic hydroxyl groups is 1. The SMILES string of the molecule is Cc1nc2c(O)cc(C#CCCO)cc2s1. The lowest BCUT2D eigenvalue weighted by molar-refractivity contribution is 0.305. The van der Waals surface area contributed by atoms with Gasteiger partial charge in [-0.2, -0.15) is 0 Å². The number of aromatic nitrogens is 1. The molecule has 0 bridgehead atoms. The van der Waals surface area contributed by atoms with E-state index in [4.69, 9.17) is 5.11 Å². The summed E-state index contributed by atoms with van der Waals surface area (Å²) in [4.78, 5) is 4.23. The summed E-state index contributed by atoms with van der Waals surface area (Å²) in [7, 11) is 0. The molecule has 2 rings (SSSR count). The highest BCUT2D eigenvalue weighted by Gasteiger charge is 2.06. The van der Waals surface area contributed by atoms with Crippen molar-refractivity contribution in [2.24, 2.45) is 0 Å². The van der Waals surface area contributed by atoms with E-state index < -0.39 is 0 Å². The summed E-state index contributed by atoms with van der Waals surface area (Å²) >= 11 is 1.53. The van der Waals surface area contributed by atoms with E-state index >= 15 is 0 Å². The van der Waals surface area contributed by atoms with Crippen LogP contribution in [-0.2, 0) is 0 Å². The lowest BCUT2D eigenvalue weighted by Gasteiger charge is -1.95. The van der Waals surface area contributed by atoms with Crippen LogP contribution in [0.1, 0.15) is 17.0 Å². The number of fused-ring (bicyclic) bond motifs is 1. The summed E-state index contributed by atoms with van der Waals surface area (Å²) in [6.45, 7) is 1.96. The molecule has 0 saturated carbocycles. The predicted octanol–water partition coefficient (Wildman–Crippen LogP) is 2.04. The maximum atomic E-state index is 9.75. The van der Waals surface area contributed by atoms with Gasteiger partial charge in [0.05, 0.1) is 16.3 Å². The van der Waals surface area contributed by atoms with Crippen LogP contribution in [-0.4, -0.2) is 21.8 Å². The van der Waals surface area contributed by atoms with Crippen molar-refractivity contribution in [1.29, 1.82) is 0 Å². The van der Waals surface area contributed by atoms with Crippen LogP contribution in [0.2, 0.25) is 0 Å². The van der Waals surface area contributed by atoms with E-state index in [1.54, 1.807) is 6.07 Å². The molecular formula is C12H11NO2S. The average Bonchev–Trinajstić information content (AvgIpc) is 2.60. The first kappa shape index (κ1) is 10.9. The Morgan fingerprint density at radius 2 is 2.25 bits per heavy atom. The van der Waals surface area contributed by atoms with E-state index in [0.717, 1.165) is 15.3 Å². The van der Waals surface area contributed by atoms with Crippen molar-refractivity contribution in [2.75, 3.05) is 6.61 Å². The number of hydrogen-bond donors (Lipinski definition) is 2. The molecular weight excluding hydrogens is 222 g/mol. The number of rotatable bonds is 1. The zero-order chi connectivity index (χ0) is 11.5. The third kappa shape index (κ3) is 2.16. The van der Waals surface area contributed by atoms with Crippen molar-refractivity contribution >= 4 is 21.6 Å². The Balaban J connectivity index is 2.46. The monoisotopic (exact) mass is 233 g/mol. The number of benzene rings is 1. The van der Waals surface area contributed by atoms with Gasteiger partial charge in [0.1, 0.15) is 11.3 Å². The molecule has 1 heterocycles. The number of aryl methyl sites for hydroxylation is 1. The maximum Gasteiger partial charge on any atom is 0.143 e. The van der Waals surface area contributed by atoms with Gasteiger partial charge in [-0.25, -0.2) is 4.98 Å². The number of aliphatic hydroxyl groups is 1. The highest BCUT2D eigenvalue weighted by molar-refractivity contribution is 7.18. The van der Waals surface area contributed by atoms with Crippen molar-refractivity contribution < 1.29 is 10.2 Å². The van der Waals surface area contributed by atoms with E-state index in [1.807, 2.05) is 13.0 Å². The third-order valence-corrected chi connectivity index (χ3v) is 2.97. The Hall–Kier alpha value is -1.57. The van der Waals surface area contributed by atoms with Gasteiger partial charge in [0.15, 0.2) is 0 Å². The van der Waals surface area contributed by atoms with Crippen LogP contribution in [0.15, 0.2) is 12.1 Å². The Labute approximate surface area is 97.4 Å². The summed E-state index contributed by atoms with van der Waals surface area (Å²) in [6.07, 6.45) is 0.445. The standard InChI is InChI=1S/C12H11NO2S/c1-8-13-12-10(15)6-9(4-2-3-5-14)7-11(12)16-8/h6-7,14-15H,3,5H2,1H3. The molecule has 0 radical (unpaired) electrons. The zero-order valence-electron chi connectivity index (χ0n) is 8.82. The summed E-state index contributed by atoms with van der Waals surface area (Å²) in [5.74, 6) is 5.88. The van der Waals surface area contributed by atoms with Crippen molar-refractivity contribution in [2.45, 2.75) is 13.3 Å². The second-order valence-electron chi connectivity index (χ2n) is 3.35. The third-order valence-electron chi connectivity index (χ3n) is 2.05. The normalized spacial score (nSPS) is 10.1. The van der Waals surface area contributed by atoms with Gasteiger partial charge in [0.25, 0.3) is 0 Å². The fraction of sp³-hybridized carbons (Fsp3) is 0.250. The highest BCUT2D eigenvalue weighted by Crippen LogP contribution is 2.29. The number of nitrogens with zero attached hydrogens (tertiary/aromatic N) is 1. The van der Waals surface area contributed by atoms with Crippen molar-refractivity contribution in [3.8, 4) is 17.6 Å². The molecule has 0 aliphatic heterocycles. The number of thiazole rings is 1. The molecule has 0 unspecified atom stereocenters. The Morgan fingerprint density at radius 3 is 3.00 bits per heavy atom. The van der Waals surface area contributed by atoms with Crippen LogP contribution < -0.4 is 0 Å². The molecule has 3 nitrogen and oxygen atoms in total. The Morgan fingerprint density at radius 1 is 1.44 bits per heavy atom. The van der Waals surface area contributed by atoms with Crippen molar-refractivity contribution in [3.05, 3.63) is 22.7 Å². The average molecular weight is 233 g/mol. The Bertz CT molecular complexity index is 578. The second-order valence-corrected chi connectivity index (χ2v) is 4.59. The molecule has 0 saturated heterocycles. The van der Waals surface area contributed by atoms with Gasteiger partial charge in [-0.1, -0.05) is 11.8 Å². The molecule has 1 aromatic carbocycles. The van der Waals surface area contributed by atoms with Crippen molar-refractivity contribution in [3.63, 3.8) is 0 Å². The molecule has 1 aromatic heterocycles. The van der Waals surface area contributed by atoms with Crippen molar-refractivity contribution in [1.82, 2.24) is 4.98 Å². The molecule has 4 heteroatoms. The van der Waals surface area contributed by atoms with Gasteiger partial charge in [-0.3, -0.25) is 0 Å². The molecule has 0 aliphatic rings. The Kier molecular flexibility index (Phi) is 3.09. The summed E-state index contributed by atoms with van der Waals surface area (Å²) < 4.78 is 0.936. The largest absolute Gasteiger partial charge is 0.506 e. The van der Waals surface area contributed by atoms with E-state index in [1.165, 1.54) is 11.3 Å². The van der Waals surface area contributed by atoms with Gasteiger partial charge in [-0.05, 0) is 19.1 Å². The van der Waals surface area contributed by atoms with E-state index in [0.29, 0.717) is 11.9 Å². The van der Waals surface area contributed by atoms with Gasteiger partial charge in [0, 0.05) is 12.0 Å². The fourth-order valence-electron chi connectivity index (χ4n) is 1.42. The molecule has 82 valence electrons. The first-order chi connectivity index (χ1) is 7.70. The molecule has 0 atom stereocenters. The molecule has 0 amide bonds. The lowest BCUT2D eigenvalue weighted by atomic mass is 10.2. The molecule has 2 N–H and O–H groups in total. The predicted molar refractivity (Wildman–Crippen MR) is 64.6 cm³/mol. The topological polar surface area (TPSA) is 53.4 Å². The van der Waals surface area contributed by atoms with E-state index in [2.05, 4.69) is 16.8 Å². The number of phenols is 1. The van der Waals surface area contributed by atoms with Gasteiger partial charge in [-0.15, -0.1) is 11.3 Å². The summed E-state index contributed by atoms with van der Waals surface area (Å²) in [6, 6.07) is 3.51. The zero-order valence-corrected chi connectivity index (χ0v) is 9.64. The van der Waals surface area contributed by atoms with E-state index in [-0.39, 0.29) is 12.4 Å². The quantitative estimate of drug-likeness (QED) is 0.741. The number of aliphatic hydroxyl groups excluding tert-OH is 1. The van der Waals surface area contributed by atoms with Crippen LogP contribution >= 0.6 is 11.3 Å². The van der Waals surface area contributed by atoms with Gasteiger partial charge < -0.3 is 10.2 Å². The summed E-state index contributed by atoms with van der Waals surface area (Å²) in [5.41, 5.74) is 1.39. The van der Waals surface area contributed by atoms with Gasteiger partial charge >= 0.3 is 0 Å². The molecule has 0 aliphatic carbocycles.